The maximum Gasteiger partial charge on any atom is 0.338 e. The molecule has 7 nitrogen and oxygen atoms in total. The molecule has 0 fully saturated rings. The first kappa shape index (κ1) is 20.5. The van der Waals surface area contributed by atoms with E-state index in [1.807, 2.05) is 0 Å². The van der Waals surface area contributed by atoms with Gasteiger partial charge in [0.05, 0.1) is 22.8 Å². The molecule has 0 aromatic heterocycles. The van der Waals surface area contributed by atoms with E-state index < -0.39 is 28.5 Å². The maximum absolute atomic E-state index is 13.2. The molecule has 0 radical (unpaired) electrons. The standard InChI is InChI=1S/C18H17ClN2O5S/c1-2-10-21(14-6-4-3-5-7-14)27(24,25)16-11-13(8-9-15(16)19)18(23)26-12-17(20)22/h2-9,11H,1,10,12H2,(H2,20,22). The maximum atomic E-state index is 13.2. The lowest BCUT2D eigenvalue weighted by Gasteiger charge is -2.23. The van der Waals surface area contributed by atoms with Gasteiger partial charge in [0, 0.05) is 0 Å². The summed E-state index contributed by atoms with van der Waals surface area (Å²) in [5.74, 6) is -1.72. The Morgan fingerprint density at radius 3 is 2.44 bits per heavy atom. The Hall–Kier alpha value is -2.84. The molecule has 2 aromatic rings. The number of carbonyl (C=O) groups excluding carboxylic acids is 2. The van der Waals surface area contributed by atoms with Crippen LogP contribution in [0.25, 0.3) is 0 Å². The molecule has 0 aliphatic heterocycles. The molecule has 0 aliphatic rings. The Kier molecular flexibility index (Phi) is 6.59. The number of halogens is 1. The largest absolute Gasteiger partial charge is 0.452 e. The molecule has 27 heavy (non-hydrogen) atoms. The first-order chi connectivity index (χ1) is 12.8. The zero-order chi connectivity index (χ0) is 20.0. The van der Waals surface area contributed by atoms with Gasteiger partial charge in [-0.1, -0.05) is 35.9 Å². The van der Waals surface area contributed by atoms with Gasteiger partial charge in [-0.05, 0) is 30.3 Å². The molecule has 0 bridgehead atoms. The number of sulfonamides is 1. The third-order valence-corrected chi connectivity index (χ3v) is 5.69. The Morgan fingerprint density at radius 1 is 1.19 bits per heavy atom. The van der Waals surface area contributed by atoms with Crippen LogP contribution in [0.5, 0.6) is 0 Å². The minimum atomic E-state index is -4.10. The van der Waals surface area contributed by atoms with E-state index >= 15 is 0 Å². The Morgan fingerprint density at radius 2 is 1.85 bits per heavy atom. The molecule has 0 atom stereocenters. The molecule has 0 saturated carbocycles. The number of nitrogens with two attached hydrogens (primary N) is 1. The van der Waals surface area contributed by atoms with Crippen LogP contribution in [0.1, 0.15) is 10.4 Å². The van der Waals surface area contributed by atoms with E-state index in [1.54, 1.807) is 30.3 Å². The molecule has 0 spiro atoms. The lowest BCUT2D eigenvalue weighted by Crippen LogP contribution is -2.31. The van der Waals surface area contributed by atoms with Gasteiger partial charge in [-0.2, -0.15) is 0 Å². The number of esters is 1. The molecular formula is C18H17ClN2O5S. The summed E-state index contributed by atoms with van der Waals surface area (Å²) in [4.78, 5) is 22.5. The fourth-order valence-electron chi connectivity index (χ4n) is 2.22. The molecule has 142 valence electrons. The average Bonchev–Trinajstić information content (AvgIpc) is 2.64. The van der Waals surface area contributed by atoms with Crippen molar-refractivity contribution in [2.75, 3.05) is 17.5 Å². The molecule has 1 amide bonds. The predicted molar refractivity (Wildman–Crippen MR) is 102 cm³/mol. The highest BCUT2D eigenvalue weighted by Crippen LogP contribution is 2.29. The van der Waals surface area contributed by atoms with Crippen LogP contribution in [-0.4, -0.2) is 33.4 Å². The summed E-state index contributed by atoms with van der Waals surface area (Å²) in [6.07, 6.45) is 1.43. The summed E-state index contributed by atoms with van der Waals surface area (Å²) in [6, 6.07) is 12.1. The Bertz CT molecular complexity index is 961. The number of para-hydroxylation sites is 1. The van der Waals surface area contributed by atoms with E-state index in [0.717, 1.165) is 10.4 Å². The second kappa shape index (κ2) is 8.70. The van der Waals surface area contributed by atoms with E-state index in [0.29, 0.717) is 5.69 Å². The second-order valence-corrected chi connectivity index (χ2v) is 7.59. The first-order valence-electron chi connectivity index (χ1n) is 7.71. The lowest BCUT2D eigenvalue weighted by molar-refractivity contribution is -0.121. The molecule has 2 aromatic carbocycles. The van der Waals surface area contributed by atoms with Crippen molar-refractivity contribution >= 4 is 39.2 Å². The first-order valence-corrected chi connectivity index (χ1v) is 9.53. The minimum absolute atomic E-state index is 0.000967. The van der Waals surface area contributed by atoms with Gasteiger partial charge in [0.15, 0.2) is 6.61 Å². The number of amides is 1. The summed E-state index contributed by atoms with van der Waals surface area (Å²) in [7, 11) is -4.10. The number of benzene rings is 2. The zero-order valence-corrected chi connectivity index (χ0v) is 15.7. The quantitative estimate of drug-likeness (QED) is 0.533. The fourth-order valence-corrected chi connectivity index (χ4v) is 4.16. The molecule has 0 saturated heterocycles. The van der Waals surface area contributed by atoms with Gasteiger partial charge in [0.25, 0.3) is 15.9 Å². The van der Waals surface area contributed by atoms with Crippen molar-refractivity contribution in [1.82, 2.24) is 0 Å². The summed E-state index contributed by atoms with van der Waals surface area (Å²) in [5, 5.41) is -0.0635. The van der Waals surface area contributed by atoms with E-state index in [4.69, 9.17) is 22.1 Å². The number of ether oxygens (including phenoxy) is 1. The number of primary amides is 1. The van der Waals surface area contributed by atoms with E-state index in [-0.39, 0.29) is 22.0 Å². The van der Waals surface area contributed by atoms with E-state index in [9.17, 15) is 18.0 Å². The second-order valence-electron chi connectivity index (χ2n) is 5.35. The topological polar surface area (TPSA) is 107 Å². The van der Waals surface area contributed by atoms with Crippen molar-refractivity contribution in [3.8, 4) is 0 Å². The van der Waals surface area contributed by atoms with E-state index in [2.05, 4.69) is 6.58 Å². The van der Waals surface area contributed by atoms with Crippen molar-refractivity contribution in [3.63, 3.8) is 0 Å². The zero-order valence-electron chi connectivity index (χ0n) is 14.2. The highest BCUT2D eigenvalue weighted by molar-refractivity contribution is 7.93. The van der Waals surface area contributed by atoms with Crippen LogP contribution in [0.4, 0.5) is 5.69 Å². The van der Waals surface area contributed by atoms with Crippen LogP contribution in [-0.2, 0) is 19.6 Å². The van der Waals surface area contributed by atoms with Crippen LogP contribution in [0.3, 0.4) is 0 Å². The Balaban J connectivity index is 2.47. The average molecular weight is 409 g/mol. The van der Waals surface area contributed by atoms with Gasteiger partial charge in [-0.25, -0.2) is 13.2 Å². The van der Waals surface area contributed by atoms with Crippen molar-refractivity contribution in [2.45, 2.75) is 4.90 Å². The molecule has 9 heteroatoms. The summed E-state index contributed by atoms with van der Waals surface area (Å²) >= 11 is 6.09. The molecule has 0 unspecified atom stereocenters. The smallest absolute Gasteiger partial charge is 0.338 e. The molecule has 0 aliphatic carbocycles. The van der Waals surface area contributed by atoms with E-state index in [1.165, 1.54) is 18.2 Å². The van der Waals surface area contributed by atoms with Gasteiger partial charge in [0.2, 0.25) is 0 Å². The number of rotatable bonds is 8. The summed E-state index contributed by atoms with van der Waals surface area (Å²) in [5.41, 5.74) is 5.26. The van der Waals surface area contributed by atoms with Crippen molar-refractivity contribution < 1.29 is 22.7 Å². The summed E-state index contributed by atoms with van der Waals surface area (Å²) in [6.45, 7) is 2.97. The number of hydrogen-bond donors (Lipinski definition) is 1. The lowest BCUT2D eigenvalue weighted by atomic mass is 10.2. The van der Waals surface area contributed by atoms with Crippen molar-refractivity contribution in [2.24, 2.45) is 5.73 Å². The minimum Gasteiger partial charge on any atom is -0.452 e. The number of anilines is 1. The molecule has 2 N–H and O–H groups in total. The van der Waals surface area contributed by atoms with Crippen LogP contribution < -0.4 is 10.0 Å². The van der Waals surface area contributed by atoms with Crippen molar-refractivity contribution in [3.05, 3.63) is 71.8 Å². The van der Waals surface area contributed by atoms with Crippen LogP contribution in [0.2, 0.25) is 5.02 Å². The fraction of sp³-hybridized carbons (Fsp3) is 0.111. The van der Waals surface area contributed by atoms with Gasteiger partial charge in [-0.3, -0.25) is 9.10 Å². The van der Waals surface area contributed by atoms with Gasteiger partial charge < -0.3 is 10.5 Å². The summed E-state index contributed by atoms with van der Waals surface area (Å²) < 4.78 is 32.1. The monoisotopic (exact) mass is 408 g/mol. The highest BCUT2D eigenvalue weighted by atomic mass is 35.5. The molecule has 2 rings (SSSR count). The van der Waals surface area contributed by atoms with Crippen LogP contribution in [0, 0.1) is 0 Å². The van der Waals surface area contributed by atoms with Crippen molar-refractivity contribution in [1.29, 1.82) is 0 Å². The Labute approximate surface area is 162 Å². The SMILES string of the molecule is C=CCN(c1ccccc1)S(=O)(=O)c1cc(C(=O)OCC(N)=O)ccc1Cl. The third kappa shape index (κ3) is 4.87. The predicted octanol–water partition coefficient (Wildman–Crippen LogP) is 2.36. The number of nitrogens with zero attached hydrogens (tertiary/aromatic N) is 1. The molecular weight excluding hydrogens is 392 g/mol. The highest BCUT2D eigenvalue weighted by Gasteiger charge is 2.27. The molecule has 0 heterocycles. The van der Waals surface area contributed by atoms with Gasteiger partial charge in [0.1, 0.15) is 4.90 Å². The number of hydrogen-bond acceptors (Lipinski definition) is 5. The van der Waals surface area contributed by atoms with Crippen LogP contribution in [0.15, 0.2) is 66.1 Å². The van der Waals surface area contributed by atoms with Gasteiger partial charge in [-0.15, -0.1) is 6.58 Å². The third-order valence-electron chi connectivity index (χ3n) is 3.42. The van der Waals surface area contributed by atoms with Gasteiger partial charge >= 0.3 is 5.97 Å². The normalized spacial score (nSPS) is 10.9. The number of carbonyl (C=O) groups is 2. The van der Waals surface area contributed by atoms with Crippen LogP contribution >= 0.6 is 11.6 Å².